The van der Waals surface area contributed by atoms with Crippen LogP contribution in [-0.4, -0.2) is 32.1 Å². The lowest BCUT2D eigenvalue weighted by molar-refractivity contribution is 0.174. The Morgan fingerprint density at radius 3 is 2.68 bits per heavy atom. The average Bonchev–Trinajstić information content (AvgIpc) is 3.23. The summed E-state index contributed by atoms with van der Waals surface area (Å²) in [7, 11) is 1.57. The molecule has 7 heteroatoms. The van der Waals surface area contributed by atoms with E-state index in [0.29, 0.717) is 18.3 Å². The molecule has 2 N–H and O–H groups in total. The van der Waals surface area contributed by atoms with Crippen LogP contribution < -0.4 is 19.5 Å². The Labute approximate surface area is 155 Å². The number of nitrogens with one attached hydrogen (secondary N) is 1. The third-order valence-corrected chi connectivity index (χ3v) is 4.81. The van der Waals surface area contributed by atoms with Crippen molar-refractivity contribution in [3.8, 4) is 17.2 Å². The lowest BCUT2D eigenvalue weighted by Gasteiger charge is -2.07. The van der Waals surface area contributed by atoms with E-state index in [-0.39, 0.29) is 6.61 Å². The zero-order chi connectivity index (χ0) is 17.6. The number of methoxy groups -OCH3 is 1. The van der Waals surface area contributed by atoms with Gasteiger partial charge < -0.3 is 29.1 Å². The van der Waals surface area contributed by atoms with Gasteiger partial charge in [-0.05, 0) is 43.6 Å². The Bertz CT molecular complexity index is 694. The molecule has 1 aliphatic heterocycles. The number of benzene rings is 1. The van der Waals surface area contributed by atoms with Crippen LogP contribution in [0.5, 0.6) is 17.2 Å². The van der Waals surface area contributed by atoms with Gasteiger partial charge in [-0.25, -0.2) is 0 Å². The molecular formula is C18H22BrNO5. The van der Waals surface area contributed by atoms with Gasteiger partial charge in [0.1, 0.15) is 12.4 Å². The highest BCUT2D eigenvalue weighted by atomic mass is 79.9. The summed E-state index contributed by atoms with van der Waals surface area (Å²) in [5.41, 5.74) is 1.19. The van der Waals surface area contributed by atoms with Crippen molar-refractivity contribution in [3.05, 3.63) is 39.8 Å². The Hall–Kier alpha value is -1.70. The molecule has 136 valence electrons. The van der Waals surface area contributed by atoms with E-state index < -0.39 is 0 Å². The molecule has 0 spiro atoms. The quantitative estimate of drug-likeness (QED) is 0.617. The minimum absolute atomic E-state index is 0.147. The smallest absolute Gasteiger partial charge is 0.231 e. The summed E-state index contributed by atoms with van der Waals surface area (Å²) >= 11 is 3.58. The van der Waals surface area contributed by atoms with E-state index in [1.165, 1.54) is 5.56 Å². The maximum atomic E-state index is 9.19. The van der Waals surface area contributed by atoms with Gasteiger partial charge in [-0.1, -0.05) is 15.9 Å². The van der Waals surface area contributed by atoms with Crippen molar-refractivity contribution in [2.45, 2.75) is 25.9 Å². The summed E-state index contributed by atoms with van der Waals surface area (Å²) in [6, 6.07) is 5.83. The second-order valence-electron chi connectivity index (χ2n) is 5.76. The molecule has 0 saturated heterocycles. The Morgan fingerprint density at radius 1 is 1.16 bits per heavy atom. The minimum atomic E-state index is -0.147. The van der Waals surface area contributed by atoms with Crippen LogP contribution in [-0.2, 0) is 19.4 Å². The number of rotatable bonds is 9. The van der Waals surface area contributed by atoms with Crippen LogP contribution in [0.3, 0.4) is 0 Å². The molecule has 0 saturated carbocycles. The molecule has 3 rings (SSSR count). The van der Waals surface area contributed by atoms with Crippen molar-refractivity contribution in [2.75, 3.05) is 27.0 Å². The highest BCUT2D eigenvalue weighted by Gasteiger charge is 2.16. The van der Waals surface area contributed by atoms with Crippen LogP contribution in [0.1, 0.15) is 23.5 Å². The first-order chi connectivity index (χ1) is 12.2. The number of aryl methyl sites for hydroxylation is 1. The normalized spacial score (nSPS) is 12.6. The third-order valence-electron chi connectivity index (χ3n) is 4.07. The standard InChI is InChI=1S/C18H22BrNO5/c1-22-15-8-13(25-18(15)10-21)3-2-5-20-6-4-12-7-16-17(9-14(12)19)24-11-23-16/h7-9,20-21H,2-6,10-11H2,1H3. The lowest BCUT2D eigenvalue weighted by Crippen LogP contribution is -2.19. The first-order valence-corrected chi connectivity index (χ1v) is 9.05. The largest absolute Gasteiger partial charge is 0.493 e. The molecule has 0 bridgehead atoms. The van der Waals surface area contributed by atoms with Crippen molar-refractivity contribution >= 4 is 15.9 Å². The fraction of sp³-hybridized carbons (Fsp3) is 0.444. The van der Waals surface area contributed by atoms with Crippen LogP contribution in [0.4, 0.5) is 0 Å². The van der Waals surface area contributed by atoms with Gasteiger partial charge in [-0.3, -0.25) is 0 Å². The lowest BCUT2D eigenvalue weighted by atomic mass is 10.1. The predicted octanol–water partition coefficient (Wildman–Crippen LogP) is 3.04. The molecule has 2 heterocycles. The summed E-state index contributed by atoms with van der Waals surface area (Å²) in [4.78, 5) is 0. The van der Waals surface area contributed by atoms with Gasteiger partial charge in [-0.2, -0.15) is 0 Å². The van der Waals surface area contributed by atoms with Gasteiger partial charge >= 0.3 is 0 Å². The van der Waals surface area contributed by atoms with E-state index in [1.807, 2.05) is 18.2 Å². The van der Waals surface area contributed by atoms with E-state index in [4.69, 9.17) is 18.6 Å². The number of aliphatic hydroxyl groups is 1. The number of hydrogen-bond acceptors (Lipinski definition) is 6. The summed E-state index contributed by atoms with van der Waals surface area (Å²) in [5.74, 6) is 3.53. The Kier molecular flexibility index (Phi) is 6.23. The van der Waals surface area contributed by atoms with Crippen molar-refractivity contribution in [2.24, 2.45) is 0 Å². The number of fused-ring (bicyclic) bond motifs is 1. The second kappa shape index (κ2) is 8.60. The molecule has 1 aliphatic rings. The number of furan rings is 1. The van der Waals surface area contributed by atoms with Gasteiger partial charge in [0.15, 0.2) is 23.0 Å². The van der Waals surface area contributed by atoms with E-state index in [9.17, 15) is 5.11 Å². The molecule has 0 aliphatic carbocycles. The van der Waals surface area contributed by atoms with Gasteiger partial charge in [0.25, 0.3) is 0 Å². The number of halogens is 1. The Balaban J connectivity index is 1.39. The molecule has 0 amide bonds. The molecule has 2 aromatic rings. The molecule has 6 nitrogen and oxygen atoms in total. The predicted molar refractivity (Wildman–Crippen MR) is 96.3 cm³/mol. The molecule has 0 fully saturated rings. The first-order valence-electron chi connectivity index (χ1n) is 8.26. The zero-order valence-electron chi connectivity index (χ0n) is 14.1. The fourth-order valence-electron chi connectivity index (χ4n) is 2.76. The fourth-order valence-corrected chi connectivity index (χ4v) is 3.28. The van der Waals surface area contributed by atoms with Gasteiger partial charge in [0.05, 0.1) is 7.11 Å². The maximum Gasteiger partial charge on any atom is 0.231 e. The first kappa shape index (κ1) is 18.1. The Morgan fingerprint density at radius 2 is 1.96 bits per heavy atom. The van der Waals surface area contributed by atoms with Crippen molar-refractivity contribution in [1.29, 1.82) is 0 Å². The van der Waals surface area contributed by atoms with E-state index in [0.717, 1.165) is 54.1 Å². The van der Waals surface area contributed by atoms with E-state index in [1.54, 1.807) is 7.11 Å². The molecule has 0 radical (unpaired) electrons. The highest BCUT2D eigenvalue weighted by Crippen LogP contribution is 2.37. The maximum absolute atomic E-state index is 9.19. The van der Waals surface area contributed by atoms with Crippen LogP contribution in [0, 0.1) is 0 Å². The van der Waals surface area contributed by atoms with Gasteiger partial charge in [-0.15, -0.1) is 0 Å². The van der Waals surface area contributed by atoms with Crippen LogP contribution in [0.2, 0.25) is 0 Å². The molecule has 1 aromatic carbocycles. The van der Waals surface area contributed by atoms with Gasteiger partial charge in [0, 0.05) is 17.0 Å². The number of ether oxygens (including phenoxy) is 3. The number of aliphatic hydroxyl groups excluding tert-OH is 1. The van der Waals surface area contributed by atoms with Crippen LogP contribution >= 0.6 is 15.9 Å². The average molecular weight is 412 g/mol. The van der Waals surface area contributed by atoms with Crippen LogP contribution in [0.15, 0.2) is 27.1 Å². The minimum Gasteiger partial charge on any atom is -0.493 e. The topological polar surface area (TPSA) is 73.1 Å². The summed E-state index contributed by atoms with van der Waals surface area (Å²) < 4.78 is 22.5. The molecule has 0 unspecified atom stereocenters. The van der Waals surface area contributed by atoms with Crippen molar-refractivity contribution in [3.63, 3.8) is 0 Å². The van der Waals surface area contributed by atoms with E-state index in [2.05, 4.69) is 21.2 Å². The highest BCUT2D eigenvalue weighted by molar-refractivity contribution is 9.10. The monoisotopic (exact) mass is 411 g/mol. The molecule has 1 aromatic heterocycles. The van der Waals surface area contributed by atoms with E-state index >= 15 is 0 Å². The van der Waals surface area contributed by atoms with Gasteiger partial charge in [0.2, 0.25) is 6.79 Å². The summed E-state index contributed by atoms with van der Waals surface area (Å²) in [6.07, 6.45) is 2.65. The summed E-state index contributed by atoms with van der Waals surface area (Å²) in [6.45, 7) is 1.91. The summed E-state index contributed by atoms with van der Waals surface area (Å²) in [5, 5.41) is 12.6. The van der Waals surface area contributed by atoms with Crippen LogP contribution in [0.25, 0.3) is 0 Å². The molecule has 25 heavy (non-hydrogen) atoms. The molecule has 0 atom stereocenters. The third kappa shape index (κ3) is 4.48. The SMILES string of the molecule is COc1cc(CCCNCCc2cc3c(cc2Br)OCO3)oc1CO. The number of hydrogen-bond donors (Lipinski definition) is 2. The van der Waals surface area contributed by atoms with Crippen molar-refractivity contribution < 1.29 is 23.7 Å². The van der Waals surface area contributed by atoms with Crippen molar-refractivity contribution in [1.82, 2.24) is 5.32 Å². The second-order valence-corrected chi connectivity index (χ2v) is 6.62. The molecular weight excluding hydrogens is 390 g/mol. The zero-order valence-corrected chi connectivity index (χ0v) is 15.7.